The van der Waals surface area contributed by atoms with Gasteiger partial charge in [-0.2, -0.15) is 0 Å². The van der Waals surface area contributed by atoms with E-state index < -0.39 is 48.2 Å². The summed E-state index contributed by atoms with van der Waals surface area (Å²) in [5.74, 6) is -3.58. The lowest BCUT2D eigenvalue weighted by molar-refractivity contribution is -0.373. The Kier molecular flexibility index (Phi) is 4.33. The van der Waals surface area contributed by atoms with Crippen LogP contribution in [0.3, 0.4) is 0 Å². The van der Waals surface area contributed by atoms with E-state index in [1.165, 1.54) is 11.1 Å². The number of carbonyl (C=O) groups is 1. The lowest BCUT2D eigenvalue weighted by atomic mass is 9.49. The summed E-state index contributed by atoms with van der Waals surface area (Å²) in [5, 5.41) is 52.5. The fraction of sp³-hybridized carbons (Fsp3) is 0.696. The van der Waals surface area contributed by atoms with Gasteiger partial charge in [-0.05, 0) is 56.8 Å². The number of benzene rings is 1. The second-order valence-electron chi connectivity index (χ2n) is 10.2. The van der Waals surface area contributed by atoms with Crippen molar-refractivity contribution >= 4 is 5.97 Å². The zero-order valence-corrected chi connectivity index (χ0v) is 17.8. The van der Waals surface area contributed by atoms with Gasteiger partial charge < -0.3 is 39.9 Å². The minimum absolute atomic E-state index is 0.300. The number of aliphatic carboxylic acids is 1. The number of aliphatic hydroxyl groups is 4. The van der Waals surface area contributed by atoms with Crippen molar-refractivity contribution in [3.8, 4) is 5.75 Å². The number of likely N-dealkylation sites (N-methyl/N-ethyl adjacent to an activating group) is 1. The van der Waals surface area contributed by atoms with Crippen molar-refractivity contribution in [1.82, 2.24) is 4.90 Å². The van der Waals surface area contributed by atoms with E-state index >= 15 is 0 Å². The van der Waals surface area contributed by atoms with Crippen LogP contribution in [0.5, 0.6) is 5.75 Å². The summed E-state index contributed by atoms with van der Waals surface area (Å²) in [6, 6.07) is 6.36. The number of aliphatic hydroxyl groups excluding tert-OH is 3. The maximum absolute atomic E-state index is 11.7. The summed E-state index contributed by atoms with van der Waals surface area (Å²) in [6.07, 6.45) is -5.04. The highest BCUT2D eigenvalue weighted by atomic mass is 16.7. The molecular formula is C23H29NO8. The maximum Gasteiger partial charge on any atom is 0.335 e. The predicted octanol–water partition coefficient (Wildman–Crippen LogP) is -0.773. The monoisotopic (exact) mass is 447 g/mol. The minimum atomic E-state index is -2.37. The largest absolute Gasteiger partial charge is 0.489 e. The van der Waals surface area contributed by atoms with Gasteiger partial charge in [0.25, 0.3) is 0 Å². The van der Waals surface area contributed by atoms with Gasteiger partial charge in [-0.1, -0.05) is 12.1 Å². The van der Waals surface area contributed by atoms with Crippen LogP contribution >= 0.6 is 0 Å². The summed E-state index contributed by atoms with van der Waals surface area (Å²) in [5.41, 5.74) is 2.03. The molecule has 1 spiro atoms. The van der Waals surface area contributed by atoms with Crippen molar-refractivity contribution in [2.75, 3.05) is 13.6 Å². The molecule has 1 aromatic rings. The summed E-state index contributed by atoms with van der Waals surface area (Å²) in [6.45, 7) is 0.864. The van der Waals surface area contributed by atoms with Crippen LogP contribution in [0.25, 0.3) is 0 Å². The highest BCUT2D eigenvalue weighted by Crippen LogP contribution is 2.64. The van der Waals surface area contributed by atoms with E-state index in [1.54, 1.807) is 0 Å². The van der Waals surface area contributed by atoms with Gasteiger partial charge in [-0.15, -0.1) is 0 Å². The molecule has 3 heterocycles. The first-order chi connectivity index (χ1) is 15.2. The number of likely N-dealkylation sites (tertiary alicyclic amines) is 1. The third-order valence-electron chi connectivity index (χ3n) is 8.99. The molecule has 2 aliphatic carbocycles. The molecule has 0 radical (unpaired) electrons. The van der Waals surface area contributed by atoms with E-state index in [-0.39, 0.29) is 5.41 Å². The first-order valence-electron chi connectivity index (χ1n) is 11.4. The van der Waals surface area contributed by atoms with Crippen LogP contribution in [0.15, 0.2) is 18.2 Å². The van der Waals surface area contributed by atoms with Gasteiger partial charge in [0.2, 0.25) is 5.79 Å². The zero-order valence-electron chi connectivity index (χ0n) is 17.8. The molecular weight excluding hydrogens is 418 g/mol. The summed E-state index contributed by atoms with van der Waals surface area (Å²) < 4.78 is 12.0. The molecule has 174 valence electrons. The SMILES string of the molecule is CN1CC[C@]23c4c5cccc4OC2C([C@]2(O)O[C@H](C(=O)O)[C@@H](O)[C@H](O)[C@H]2O)CC[C@H]3[C@H]1C5. The molecule has 2 unspecified atom stereocenters. The van der Waals surface area contributed by atoms with Crippen LogP contribution in [-0.4, -0.2) is 92.3 Å². The first kappa shape index (κ1) is 20.8. The molecule has 5 N–H and O–H groups in total. The Morgan fingerprint density at radius 1 is 1.16 bits per heavy atom. The van der Waals surface area contributed by atoms with Crippen molar-refractivity contribution < 1.29 is 39.8 Å². The number of hydrogen-bond donors (Lipinski definition) is 5. The van der Waals surface area contributed by atoms with Crippen molar-refractivity contribution in [3.05, 3.63) is 29.3 Å². The van der Waals surface area contributed by atoms with Gasteiger partial charge in [0, 0.05) is 17.0 Å². The molecule has 9 heteroatoms. The van der Waals surface area contributed by atoms with E-state index in [0.717, 1.165) is 31.6 Å². The molecule has 3 fully saturated rings. The van der Waals surface area contributed by atoms with Crippen molar-refractivity contribution in [2.24, 2.45) is 11.8 Å². The molecule has 0 aromatic heterocycles. The topological polar surface area (TPSA) is 140 Å². The summed E-state index contributed by atoms with van der Waals surface area (Å²) in [7, 11) is 2.14. The minimum Gasteiger partial charge on any atom is -0.489 e. The Morgan fingerprint density at radius 3 is 2.66 bits per heavy atom. The van der Waals surface area contributed by atoms with E-state index in [1.807, 2.05) is 12.1 Å². The van der Waals surface area contributed by atoms with Crippen LogP contribution in [-0.2, 0) is 21.4 Å². The van der Waals surface area contributed by atoms with Gasteiger partial charge >= 0.3 is 5.97 Å². The maximum atomic E-state index is 11.7. The Bertz CT molecular complexity index is 971. The molecule has 6 rings (SSSR count). The molecule has 1 aromatic carbocycles. The number of carboxylic acids is 1. The molecule has 2 saturated heterocycles. The Labute approximate surface area is 185 Å². The smallest absolute Gasteiger partial charge is 0.335 e. The fourth-order valence-corrected chi connectivity index (χ4v) is 7.59. The summed E-state index contributed by atoms with van der Waals surface area (Å²) in [4.78, 5) is 14.1. The quantitative estimate of drug-likeness (QED) is 0.395. The molecule has 5 aliphatic rings. The van der Waals surface area contributed by atoms with E-state index in [2.05, 4.69) is 18.0 Å². The number of ether oxygens (including phenoxy) is 2. The summed E-state index contributed by atoms with van der Waals surface area (Å²) >= 11 is 0. The predicted molar refractivity (Wildman–Crippen MR) is 109 cm³/mol. The first-order valence-corrected chi connectivity index (χ1v) is 11.4. The van der Waals surface area contributed by atoms with Gasteiger partial charge in [0.1, 0.15) is 30.2 Å². The van der Waals surface area contributed by atoms with Gasteiger partial charge in [-0.25, -0.2) is 4.79 Å². The molecule has 2 bridgehead atoms. The Morgan fingerprint density at radius 2 is 1.91 bits per heavy atom. The van der Waals surface area contributed by atoms with Crippen LogP contribution in [0.2, 0.25) is 0 Å². The van der Waals surface area contributed by atoms with Crippen molar-refractivity contribution in [2.45, 2.75) is 73.4 Å². The second-order valence-corrected chi connectivity index (χ2v) is 10.2. The average molecular weight is 447 g/mol. The third-order valence-corrected chi connectivity index (χ3v) is 8.99. The standard InChI is InChI=1S/C23H29NO8/c1-24-8-7-22-11-5-6-12(23(30)19(27)17(26)16(25)18(32-23)21(28)29)20(22)31-14-4-2-3-10(15(14)22)9-13(11)24/h2-4,11-13,16-20,25-27,30H,5-9H2,1H3,(H,28,29)/t11-,12?,13+,16-,17-,18-,19+,20?,22-,23-/m0/s1. The fourth-order valence-electron chi connectivity index (χ4n) is 7.59. The Hall–Kier alpha value is -1.75. The average Bonchev–Trinajstić information content (AvgIpc) is 3.11. The second kappa shape index (κ2) is 6.65. The van der Waals surface area contributed by atoms with E-state index in [0.29, 0.717) is 18.4 Å². The number of carboxylic acid groups (broad SMARTS) is 1. The lowest BCUT2D eigenvalue weighted by Gasteiger charge is -2.61. The van der Waals surface area contributed by atoms with Gasteiger partial charge in [0.15, 0.2) is 6.10 Å². The lowest BCUT2D eigenvalue weighted by Crippen LogP contribution is -2.74. The van der Waals surface area contributed by atoms with Crippen molar-refractivity contribution in [1.29, 1.82) is 0 Å². The highest BCUT2D eigenvalue weighted by Gasteiger charge is 2.70. The van der Waals surface area contributed by atoms with Crippen LogP contribution < -0.4 is 4.74 Å². The molecule has 9 nitrogen and oxygen atoms in total. The van der Waals surface area contributed by atoms with Gasteiger partial charge in [0.05, 0.1) is 5.92 Å². The van der Waals surface area contributed by atoms with Crippen LogP contribution in [0.1, 0.15) is 30.4 Å². The highest BCUT2D eigenvalue weighted by molar-refractivity contribution is 5.73. The Balaban J connectivity index is 1.47. The van der Waals surface area contributed by atoms with Crippen molar-refractivity contribution in [3.63, 3.8) is 0 Å². The number of piperidine rings is 1. The molecule has 32 heavy (non-hydrogen) atoms. The normalized spacial score (nSPS) is 49.3. The third kappa shape index (κ3) is 2.36. The van der Waals surface area contributed by atoms with Crippen LogP contribution in [0, 0.1) is 11.8 Å². The van der Waals surface area contributed by atoms with E-state index in [4.69, 9.17) is 9.47 Å². The number of hydrogen-bond acceptors (Lipinski definition) is 8. The van der Waals surface area contributed by atoms with E-state index in [9.17, 15) is 30.3 Å². The molecule has 3 aliphatic heterocycles. The molecule has 0 amide bonds. The van der Waals surface area contributed by atoms with Crippen LogP contribution in [0.4, 0.5) is 0 Å². The zero-order chi connectivity index (χ0) is 22.6. The molecule has 10 atom stereocenters. The van der Waals surface area contributed by atoms with Gasteiger partial charge in [-0.3, -0.25) is 0 Å². The number of nitrogens with zero attached hydrogens (tertiary/aromatic N) is 1. The molecule has 1 saturated carbocycles. The number of rotatable bonds is 2.